The van der Waals surface area contributed by atoms with Crippen LogP contribution in [0.15, 0.2) is 22.7 Å². The molecule has 0 spiro atoms. The summed E-state index contributed by atoms with van der Waals surface area (Å²) in [5, 5.41) is 2.77. The summed E-state index contributed by atoms with van der Waals surface area (Å²) in [4.78, 5) is 49.1. The van der Waals surface area contributed by atoms with E-state index < -0.39 is 11.4 Å². The van der Waals surface area contributed by atoms with E-state index in [1.165, 1.54) is 0 Å². The highest BCUT2D eigenvalue weighted by Gasteiger charge is 2.41. The van der Waals surface area contributed by atoms with E-state index >= 15 is 0 Å². The van der Waals surface area contributed by atoms with Crippen molar-refractivity contribution in [2.45, 2.75) is 24.8 Å². The molecule has 0 aliphatic carbocycles. The molecule has 138 valence electrons. The molecule has 0 atom stereocenters. The van der Waals surface area contributed by atoms with Gasteiger partial charge in [0.05, 0.1) is 36.3 Å². The summed E-state index contributed by atoms with van der Waals surface area (Å²) < 4.78 is 5.80. The largest absolute Gasteiger partial charge is 0.376 e. The molecule has 26 heavy (non-hydrogen) atoms. The van der Waals surface area contributed by atoms with Crippen LogP contribution in [-0.2, 0) is 14.3 Å². The summed E-state index contributed by atoms with van der Waals surface area (Å²) in [5.74, 6) is -1.49. The molecule has 3 rings (SSSR count). The second-order valence-corrected chi connectivity index (χ2v) is 7.44. The summed E-state index contributed by atoms with van der Waals surface area (Å²) >= 11 is 3.28. The van der Waals surface area contributed by atoms with Crippen molar-refractivity contribution in [3.8, 4) is 0 Å². The molecule has 1 fully saturated rings. The second kappa shape index (κ2) is 7.16. The van der Waals surface area contributed by atoms with Gasteiger partial charge >= 0.3 is 0 Å². The topological polar surface area (TPSA) is 119 Å². The molecule has 0 aromatic heterocycles. The first-order valence-corrected chi connectivity index (χ1v) is 8.93. The van der Waals surface area contributed by atoms with Crippen molar-refractivity contribution in [2.75, 3.05) is 19.8 Å². The maximum atomic E-state index is 12.4. The van der Waals surface area contributed by atoms with Gasteiger partial charge in [-0.1, -0.05) is 15.9 Å². The number of imide groups is 1. The minimum atomic E-state index is -0.731. The molecule has 1 aromatic carbocycles. The third-order valence-electron chi connectivity index (χ3n) is 4.39. The minimum absolute atomic E-state index is 0.0199. The Labute approximate surface area is 158 Å². The number of nitrogens with zero attached hydrogens (tertiary/aromatic N) is 1. The highest BCUT2D eigenvalue weighted by Crippen LogP contribution is 2.26. The van der Waals surface area contributed by atoms with E-state index in [-0.39, 0.29) is 50.3 Å². The fraction of sp³-hybridized carbons (Fsp3) is 0.412. The van der Waals surface area contributed by atoms with Gasteiger partial charge in [-0.2, -0.15) is 0 Å². The number of fused-ring (bicyclic) bond motifs is 1. The Morgan fingerprint density at radius 2 is 1.92 bits per heavy atom. The summed E-state index contributed by atoms with van der Waals surface area (Å²) in [5.41, 5.74) is 5.20. The van der Waals surface area contributed by atoms with Crippen molar-refractivity contribution < 1.29 is 23.9 Å². The zero-order valence-corrected chi connectivity index (χ0v) is 15.5. The number of benzene rings is 1. The van der Waals surface area contributed by atoms with Gasteiger partial charge in [0.2, 0.25) is 11.8 Å². The van der Waals surface area contributed by atoms with Crippen LogP contribution in [0.5, 0.6) is 0 Å². The highest BCUT2D eigenvalue weighted by atomic mass is 79.9. The van der Waals surface area contributed by atoms with Crippen molar-refractivity contribution >= 4 is 39.6 Å². The molecule has 1 saturated heterocycles. The fourth-order valence-corrected chi connectivity index (χ4v) is 3.48. The third kappa shape index (κ3) is 3.63. The van der Waals surface area contributed by atoms with Gasteiger partial charge in [-0.15, -0.1) is 0 Å². The first-order valence-electron chi connectivity index (χ1n) is 8.14. The van der Waals surface area contributed by atoms with Crippen molar-refractivity contribution in [1.82, 2.24) is 10.2 Å². The molecule has 8 nitrogen and oxygen atoms in total. The SMILES string of the molecule is NC(=O)CC1(NC(=O)CCCN2C(=O)c3ccc(Br)cc3C2=O)COC1. The van der Waals surface area contributed by atoms with Crippen molar-refractivity contribution in [3.63, 3.8) is 0 Å². The summed E-state index contributed by atoms with van der Waals surface area (Å²) in [7, 11) is 0. The Morgan fingerprint density at radius 1 is 1.23 bits per heavy atom. The molecule has 0 saturated carbocycles. The predicted molar refractivity (Wildman–Crippen MR) is 94.2 cm³/mol. The van der Waals surface area contributed by atoms with Crippen molar-refractivity contribution in [3.05, 3.63) is 33.8 Å². The van der Waals surface area contributed by atoms with Crippen molar-refractivity contribution in [2.24, 2.45) is 5.73 Å². The molecule has 0 radical (unpaired) electrons. The smallest absolute Gasteiger partial charge is 0.261 e. The van der Waals surface area contributed by atoms with Gasteiger partial charge in [0, 0.05) is 17.4 Å². The number of carbonyl (C=O) groups excluding carboxylic acids is 4. The van der Waals surface area contributed by atoms with Crippen LogP contribution >= 0.6 is 15.9 Å². The van der Waals surface area contributed by atoms with Crippen LogP contribution < -0.4 is 11.1 Å². The van der Waals surface area contributed by atoms with E-state index in [2.05, 4.69) is 21.2 Å². The molecule has 2 heterocycles. The Bertz CT molecular complexity index is 791. The quantitative estimate of drug-likeness (QED) is 0.621. The number of ether oxygens (including phenoxy) is 1. The number of nitrogens with one attached hydrogen (secondary N) is 1. The summed E-state index contributed by atoms with van der Waals surface area (Å²) in [6.07, 6.45) is 0.468. The molecular weight excluding hydrogens is 406 g/mol. The van der Waals surface area contributed by atoms with Crippen LogP contribution in [0.3, 0.4) is 0 Å². The minimum Gasteiger partial charge on any atom is -0.376 e. The average molecular weight is 424 g/mol. The number of hydrogen-bond donors (Lipinski definition) is 2. The lowest BCUT2D eigenvalue weighted by Gasteiger charge is -2.41. The van der Waals surface area contributed by atoms with Crippen LogP contribution in [0.1, 0.15) is 40.0 Å². The lowest BCUT2D eigenvalue weighted by molar-refractivity contribution is -0.138. The third-order valence-corrected chi connectivity index (χ3v) is 4.89. The van der Waals surface area contributed by atoms with E-state index in [0.717, 1.165) is 9.37 Å². The predicted octanol–water partition coefficient (Wildman–Crippen LogP) is 0.586. The zero-order chi connectivity index (χ0) is 18.9. The average Bonchev–Trinajstić information content (AvgIpc) is 2.76. The van der Waals surface area contributed by atoms with E-state index in [1.54, 1.807) is 18.2 Å². The van der Waals surface area contributed by atoms with E-state index in [9.17, 15) is 19.2 Å². The number of hydrogen-bond acceptors (Lipinski definition) is 5. The normalized spacial score (nSPS) is 17.7. The Balaban J connectivity index is 1.52. The molecule has 4 amide bonds. The fourth-order valence-electron chi connectivity index (χ4n) is 3.12. The Hall–Kier alpha value is -2.26. The molecule has 0 bridgehead atoms. The monoisotopic (exact) mass is 423 g/mol. The van der Waals surface area contributed by atoms with Crippen LogP contribution in [0, 0.1) is 0 Å². The molecule has 2 aliphatic rings. The summed E-state index contributed by atoms with van der Waals surface area (Å²) in [6.45, 7) is 0.640. The maximum Gasteiger partial charge on any atom is 0.261 e. The van der Waals surface area contributed by atoms with Gasteiger partial charge in [-0.05, 0) is 24.6 Å². The standard InChI is InChI=1S/C17H18BrN3O5/c18-10-3-4-11-12(6-10)16(25)21(15(11)24)5-1-2-14(23)20-17(7-13(19)22)8-26-9-17/h3-4,6H,1-2,5,7-9H2,(H2,19,22)(H,20,23). The van der Waals surface area contributed by atoms with Gasteiger partial charge in [0.25, 0.3) is 11.8 Å². The van der Waals surface area contributed by atoms with Gasteiger partial charge in [-0.25, -0.2) is 0 Å². The van der Waals surface area contributed by atoms with Crippen LogP contribution in [0.4, 0.5) is 0 Å². The molecular formula is C17H18BrN3O5. The Kier molecular flexibility index (Phi) is 5.10. The van der Waals surface area contributed by atoms with Gasteiger partial charge < -0.3 is 15.8 Å². The Morgan fingerprint density at radius 3 is 2.54 bits per heavy atom. The maximum absolute atomic E-state index is 12.4. The number of halogens is 1. The van der Waals surface area contributed by atoms with Crippen LogP contribution in [-0.4, -0.2) is 53.8 Å². The highest BCUT2D eigenvalue weighted by molar-refractivity contribution is 9.10. The van der Waals surface area contributed by atoms with E-state index in [4.69, 9.17) is 10.5 Å². The lowest BCUT2D eigenvalue weighted by atomic mass is 9.92. The van der Waals surface area contributed by atoms with Crippen LogP contribution in [0.25, 0.3) is 0 Å². The number of nitrogens with two attached hydrogens (primary N) is 1. The zero-order valence-electron chi connectivity index (χ0n) is 13.9. The van der Waals surface area contributed by atoms with Crippen LogP contribution in [0.2, 0.25) is 0 Å². The van der Waals surface area contributed by atoms with Gasteiger partial charge in [0.15, 0.2) is 0 Å². The number of carbonyl (C=O) groups is 4. The van der Waals surface area contributed by atoms with E-state index in [1.807, 2.05) is 0 Å². The van der Waals surface area contributed by atoms with Crippen molar-refractivity contribution in [1.29, 1.82) is 0 Å². The summed E-state index contributed by atoms with van der Waals surface area (Å²) in [6, 6.07) is 4.93. The first kappa shape index (κ1) is 18.5. The van der Waals surface area contributed by atoms with E-state index in [0.29, 0.717) is 17.5 Å². The molecule has 1 aromatic rings. The lowest BCUT2D eigenvalue weighted by Crippen LogP contribution is -2.63. The van der Waals surface area contributed by atoms with Gasteiger partial charge in [0.1, 0.15) is 0 Å². The number of rotatable bonds is 7. The molecule has 9 heteroatoms. The molecule has 0 unspecified atom stereocenters. The number of amides is 4. The molecule has 2 aliphatic heterocycles. The molecule has 3 N–H and O–H groups in total. The second-order valence-electron chi connectivity index (χ2n) is 6.52. The van der Waals surface area contributed by atoms with Gasteiger partial charge in [-0.3, -0.25) is 24.1 Å². The first-order chi connectivity index (χ1) is 12.3. The number of primary amides is 1.